The molecule has 1 saturated heterocycles. The van der Waals surface area contributed by atoms with Crippen LogP contribution in [-0.4, -0.2) is 36.0 Å². The van der Waals surface area contributed by atoms with Crippen molar-refractivity contribution in [2.24, 2.45) is 0 Å². The fourth-order valence-corrected chi connectivity index (χ4v) is 2.45. The van der Waals surface area contributed by atoms with Crippen LogP contribution in [0.15, 0.2) is 24.3 Å². The van der Waals surface area contributed by atoms with Crippen molar-refractivity contribution < 1.29 is 9.59 Å². The second-order valence-electron chi connectivity index (χ2n) is 5.42. The van der Waals surface area contributed by atoms with Gasteiger partial charge in [-0.3, -0.25) is 4.79 Å². The molecule has 0 unspecified atom stereocenters. The lowest BCUT2D eigenvalue weighted by molar-refractivity contribution is -0.124. The number of rotatable bonds is 2. The SMILES string of the molecule is C[C@@H](NC(=O)N1CCCNC(=O)[C@@H]1C)c1cccc(C#N)c1. The quantitative estimate of drug-likeness (QED) is 0.868. The highest BCUT2D eigenvalue weighted by atomic mass is 16.2. The predicted molar refractivity (Wildman–Crippen MR) is 81.9 cm³/mol. The van der Waals surface area contributed by atoms with Crippen LogP contribution < -0.4 is 10.6 Å². The maximum absolute atomic E-state index is 12.4. The molecule has 6 heteroatoms. The highest BCUT2D eigenvalue weighted by Crippen LogP contribution is 2.15. The Labute approximate surface area is 130 Å². The number of hydrogen-bond acceptors (Lipinski definition) is 3. The van der Waals surface area contributed by atoms with E-state index in [9.17, 15) is 9.59 Å². The van der Waals surface area contributed by atoms with Gasteiger partial charge < -0.3 is 15.5 Å². The molecule has 0 aliphatic carbocycles. The van der Waals surface area contributed by atoms with E-state index in [0.29, 0.717) is 18.7 Å². The highest BCUT2D eigenvalue weighted by Gasteiger charge is 2.28. The molecule has 6 nitrogen and oxygen atoms in total. The van der Waals surface area contributed by atoms with E-state index in [0.717, 1.165) is 12.0 Å². The van der Waals surface area contributed by atoms with Crippen molar-refractivity contribution in [2.75, 3.05) is 13.1 Å². The van der Waals surface area contributed by atoms with Gasteiger partial charge in [0, 0.05) is 13.1 Å². The van der Waals surface area contributed by atoms with E-state index < -0.39 is 6.04 Å². The normalized spacial score (nSPS) is 19.6. The molecule has 0 spiro atoms. The molecule has 2 rings (SSSR count). The third kappa shape index (κ3) is 3.55. The van der Waals surface area contributed by atoms with E-state index in [1.807, 2.05) is 13.0 Å². The van der Waals surface area contributed by atoms with Gasteiger partial charge in [-0.25, -0.2) is 4.79 Å². The monoisotopic (exact) mass is 300 g/mol. The smallest absolute Gasteiger partial charge is 0.318 e. The van der Waals surface area contributed by atoms with E-state index in [2.05, 4.69) is 16.7 Å². The first kappa shape index (κ1) is 15.8. The topological polar surface area (TPSA) is 85.2 Å². The van der Waals surface area contributed by atoms with Gasteiger partial charge in [-0.1, -0.05) is 12.1 Å². The summed E-state index contributed by atoms with van der Waals surface area (Å²) in [6, 6.07) is 8.23. The average Bonchev–Trinajstić information content (AvgIpc) is 2.69. The molecule has 1 aliphatic heterocycles. The minimum absolute atomic E-state index is 0.133. The summed E-state index contributed by atoms with van der Waals surface area (Å²) in [7, 11) is 0. The Hall–Kier alpha value is -2.55. The fourth-order valence-electron chi connectivity index (χ4n) is 2.45. The summed E-state index contributed by atoms with van der Waals surface area (Å²) in [5.41, 5.74) is 1.42. The van der Waals surface area contributed by atoms with Crippen LogP contribution in [0.3, 0.4) is 0 Å². The number of benzene rings is 1. The Bertz CT molecular complexity index is 608. The Morgan fingerprint density at radius 2 is 2.32 bits per heavy atom. The fraction of sp³-hybridized carbons (Fsp3) is 0.438. The van der Waals surface area contributed by atoms with E-state index in [4.69, 9.17) is 5.26 Å². The van der Waals surface area contributed by atoms with Gasteiger partial charge in [0.05, 0.1) is 17.7 Å². The average molecular weight is 300 g/mol. The number of nitriles is 1. The molecule has 2 atom stereocenters. The molecule has 2 N–H and O–H groups in total. The summed E-state index contributed by atoms with van der Waals surface area (Å²) in [5, 5.41) is 14.6. The van der Waals surface area contributed by atoms with Crippen LogP contribution in [0.2, 0.25) is 0 Å². The Morgan fingerprint density at radius 3 is 3.05 bits per heavy atom. The van der Waals surface area contributed by atoms with Crippen LogP contribution in [0.25, 0.3) is 0 Å². The minimum Gasteiger partial charge on any atom is -0.354 e. The Balaban J connectivity index is 2.06. The third-order valence-electron chi connectivity index (χ3n) is 3.84. The van der Waals surface area contributed by atoms with Crippen LogP contribution in [0.4, 0.5) is 4.79 Å². The first-order chi connectivity index (χ1) is 10.5. The van der Waals surface area contributed by atoms with Crippen LogP contribution in [0, 0.1) is 11.3 Å². The van der Waals surface area contributed by atoms with E-state index in [-0.39, 0.29) is 18.0 Å². The van der Waals surface area contributed by atoms with Crippen LogP contribution in [-0.2, 0) is 4.79 Å². The lowest BCUT2D eigenvalue weighted by Gasteiger charge is -2.27. The number of carbonyl (C=O) groups excluding carboxylic acids is 2. The van der Waals surface area contributed by atoms with E-state index in [1.54, 1.807) is 30.0 Å². The van der Waals surface area contributed by atoms with E-state index in [1.165, 1.54) is 0 Å². The molecule has 0 saturated carbocycles. The number of hydrogen-bond donors (Lipinski definition) is 2. The molecular weight excluding hydrogens is 280 g/mol. The number of amides is 3. The Morgan fingerprint density at radius 1 is 1.55 bits per heavy atom. The maximum atomic E-state index is 12.4. The Kier molecular flexibility index (Phi) is 4.99. The standard InChI is InChI=1S/C16H20N4O2/c1-11(14-6-3-5-13(9-14)10-17)19-16(22)20-8-4-7-18-15(21)12(20)2/h3,5-6,9,11-12H,4,7-8H2,1-2H3,(H,18,21)(H,19,22)/t11-,12+/m1/s1. The molecule has 1 aromatic rings. The first-order valence-electron chi connectivity index (χ1n) is 7.38. The largest absolute Gasteiger partial charge is 0.354 e. The molecule has 1 fully saturated rings. The van der Waals surface area contributed by atoms with Gasteiger partial charge in [0.25, 0.3) is 0 Å². The van der Waals surface area contributed by atoms with Gasteiger partial charge in [0.1, 0.15) is 6.04 Å². The molecule has 0 radical (unpaired) electrons. The van der Waals surface area contributed by atoms with Crippen LogP contribution in [0.1, 0.15) is 37.4 Å². The zero-order chi connectivity index (χ0) is 16.1. The summed E-state index contributed by atoms with van der Waals surface area (Å²) < 4.78 is 0. The van der Waals surface area contributed by atoms with Gasteiger partial charge in [-0.05, 0) is 38.0 Å². The summed E-state index contributed by atoms with van der Waals surface area (Å²) in [5.74, 6) is -0.133. The van der Waals surface area contributed by atoms with Crippen molar-refractivity contribution >= 4 is 11.9 Å². The zero-order valence-electron chi connectivity index (χ0n) is 12.8. The second kappa shape index (κ2) is 6.94. The van der Waals surface area contributed by atoms with Gasteiger partial charge in [-0.15, -0.1) is 0 Å². The summed E-state index contributed by atoms with van der Waals surface area (Å²) in [6.45, 7) is 4.71. The number of urea groups is 1. The van der Waals surface area contributed by atoms with Crippen molar-refractivity contribution in [3.63, 3.8) is 0 Å². The van der Waals surface area contributed by atoms with Crippen molar-refractivity contribution in [3.8, 4) is 6.07 Å². The zero-order valence-corrected chi connectivity index (χ0v) is 12.8. The highest BCUT2D eigenvalue weighted by molar-refractivity contribution is 5.87. The van der Waals surface area contributed by atoms with Crippen molar-refractivity contribution in [1.29, 1.82) is 5.26 Å². The van der Waals surface area contributed by atoms with Gasteiger partial charge in [-0.2, -0.15) is 5.26 Å². The number of carbonyl (C=O) groups is 2. The van der Waals surface area contributed by atoms with Gasteiger partial charge >= 0.3 is 6.03 Å². The summed E-state index contributed by atoms with van der Waals surface area (Å²) in [6.07, 6.45) is 0.738. The molecule has 22 heavy (non-hydrogen) atoms. The molecule has 1 aromatic carbocycles. The first-order valence-corrected chi connectivity index (χ1v) is 7.38. The third-order valence-corrected chi connectivity index (χ3v) is 3.84. The van der Waals surface area contributed by atoms with Crippen molar-refractivity contribution in [3.05, 3.63) is 35.4 Å². The second-order valence-corrected chi connectivity index (χ2v) is 5.42. The number of nitrogens with zero attached hydrogens (tertiary/aromatic N) is 2. The molecular formula is C16H20N4O2. The summed E-state index contributed by atoms with van der Waals surface area (Å²) >= 11 is 0. The van der Waals surface area contributed by atoms with Crippen LogP contribution in [0.5, 0.6) is 0 Å². The number of nitrogens with one attached hydrogen (secondary N) is 2. The molecule has 3 amide bonds. The van der Waals surface area contributed by atoms with Gasteiger partial charge in [0.2, 0.25) is 5.91 Å². The summed E-state index contributed by atoms with van der Waals surface area (Å²) in [4.78, 5) is 25.8. The molecule has 1 aliphatic rings. The van der Waals surface area contributed by atoms with E-state index >= 15 is 0 Å². The van der Waals surface area contributed by atoms with Crippen molar-refractivity contribution in [1.82, 2.24) is 15.5 Å². The molecule has 0 bridgehead atoms. The lowest BCUT2D eigenvalue weighted by Crippen LogP contribution is -2.49. The minimum atomic E-state index is -0.486. The van der Waals surface area contributed by atoms with Crippen LogP contribution >= 0.6 is 0 Å². The predicted octanol–water partition coefficient (Wildman–Crippen LogP) is 1.54. The maximum Gasteiger partial charge on any atom is 0.318 e. The molecule has 0 aromatic heterocycles. The molecule has 1 heterocycles. The van der Waals surface area contributed by atoms with Gasteiger partial charge in [0.15, 0.2) is 0 Å². The lowest BCUT2D eigenvalue weighted by atomic mass is 10.1. The molecule has 116 valence electrons. The van der Waals surface area contributed by atoms with Crippen molar-refractivity contribution in [2.45, 2.75) is 32.4 Å².